The van der Waals surface area contributed by atoms with Gasteiger partial charge in [0.25, 0.3) is 0 Å². The number of carbonyl (C=O) groups is 1. The van der Waals surface area contributed by atoms with E-state index in [1.165, 1.54) is 0 Å². The van der Waals surface area contributed by atoms with Gasteiger partial charge in [0.05, 0.1) is 24.3 Å². The minimum Gasteiger partial charge on any atom is -0.397 e. The van der Waals surface area contributed by atoms with Crippen LogP contribution in [0.1, 0.15) is 24.2 Å². The van der Waals surface area contributed by atoms with Crippen molar-refractivity contribution in [3.8, 4) is 0 Å². The molecule has 104 valence electrons. The summed E-state index contributed by atoms with van der Waals surface area (Å²) in [6, 6.07) is 10.8. The van der Waals surface area contributed by atoms with Crippen LogP contribution in [0.25, 0.3) is 0 Å². The van der Waals surface area contributed by atoms with Crippen LogP contribution in [0.2, 0.25) is 5.02 Å². The van der Waals surface area contributed by atoms with E-state index in [0.29, 0.717) is 16.4 Å². The van der Waals surface area contributed by atoms with Crippen LogP contribution in [-0.4, -0.2) is 10.9 Å². The first kappa shape index (κ1) is 14.3. The molecular weight excluding hydrogens is 274 g/mol. The molecule has 4 nitrogen and oxygen atoms in total. The second kappa shape index (κ2) is 6.39. The van der Waals surface area contributed by atoms with E-state index in [1.54, 1.807) is 24.4 Å². The number of hydrogen-bond acceptors (Lipinski definition) is 3. The van der Waals surface area contributed by atoms with Crippen molar-refractivity contribution >= 4 is 23.2 Å². The Bertz CT molecular complexity index is 598. The van der Waals surface area contributed by atoms with Gasteiger partial charge in [-0.25, -0.2) is 0 Å². The van der Waals surface area contributed by atoms with Crippen LogP contribution in [0.4, 0.5) is 5.69 Å². The van der Waals surface area contributed by atoms with Gasteiger partial charge in [0, 0.05) is 10.7 Å². The number of amides is 1. The molecule has 1 aromatic carbocycles. The quantitative estimate of drug-likeness (QED) is 0.909. The van der Waals surface area contributed by atoms with Crippen molar-refractivity contribution in [1.82, 2.24) is 10.3 Å². The molecule has 0 saturated heterocycles. The number of benzene rings is 1. The zero-order chi connectivity index (χ0) is 14.5. The predicted octanol–water partition coefficient (Wildman–Crippen LogP) is 2.74. The van der Waals surface area contributed by atoms with Crippen molar-refractivity contribution in [3.63, 3.8) is 0 Å². The Labute approximate surface area is 123 Å². The first-order valence-corrected chi connectivity index (χ1v) is 6.67. The molecule has 20 heavy (non-hydrogen) atoms. The number of carbonyl (C=O) groups excluding carboxylic acids is 1. The molecule has 3 N–H and O–H groups in total. The number of rotatable bonds is 4. The Kier molecular flexibility index (Phi) is 4.58. The lowest BCUT2D eigenvalue weighted by Crippen LogP contribution is -2.28. The number of nitrogens with one attached hydrogen (secondary N) is 1. The van der Waals surface area contributed by atoms with Crippen molar-refractivity contribution in [2.45, 2.75) is 19.4 Å². The molecule has 2 rings (SSSR count). The van der Waals surface area contributed by atoms with Gasteiger partial charge in [0.15, 0.2) is 0 Å². The summed E-state index contributed by atoms with van der Waals surface area (Å²) in [5, 5.41) is 3.57. The van der Waals surface area contributed by atoms with Crippen LogP contribution in [0, 0.1) is 0 Å². The van der Waals surface area contributed by atoms with Crippen molar-refractivity contribution in [1.29, 1.82) is 0 Å². The van der Waals surface area contributed by atoms with Crippen molar-refractivity contribution in [2.75, 3.05) is 5.73 Å². The minimum atomic E-state index is -0.102. The number of anilines is 1. The largest absolute Gasteiger partial charge is 0.397 e. The normalized spacial score (nSPS) is 11.9. The summed E-state index contributed by atoms with van der Waals surface area (Å²) in [7, 11) is 0. The molecule has 5 heteroatoms. The van der Waals surface area contributed by atoms with Gasteiger partial charge in [0.2, 0.25) is 5.91 Å². The number of nitrogen functional groups attached to an aromatic ring is 1. The fourth-order valence-electron chi connectivity index (χ4n) is 1.86. The Morgan fingerprint density at radius 2 is 2.20 bits per heavy atom. The van der Waals surface area contributed by atoms with E-state index in [4.69, 9.17) is 17.3 Å². The van der Waals surface area contributed by atoms with E-state index in [1.807, 2.05) is 25.1 Å². The number of aromatic nitrogens is 1. The summed E-state index contributed by atoms with van der Waals surface area (Å²) in [5.74, 6) is -0.0882. The van der Waals surface area contributed by atoms with Gasteiger partial charge in [-0.15, -0.1) is 0 Å². The number of nitrogens with zero attached hydrogens (tertiary/aromatic N) is 1. The molecule has 0 spiro atoms. The van der Waals surface area contributed by atoms with E-state index < -0.39 is 0 Å². The average Bonchev–Trinajstić information content (AvgIpc) is 2.41. The summed E-state index contributed by atoms with van der Waals surface area (Å²) in [6.45, 7) is 1.92. The van der Waals surface area contributed by atoms with E-state index in [0.717, 1.165) is 5.56 Å². The highest BCUT2D eigenvalue weighted by Crippen LogP contribution is 2.17. The summed E-state index contributed by atoms with van der Waals surface area (Å²) in [6.07, 6.45) is 1.77. The first-order chi connectivity index (χ1) is 9.54. The molecule has 1 heterocycles. The second-order valence-electron chi connectivity index (χ2n) is 4.60. The lowest BCUT2D eigenvalue weighted by molar-refractivity contribution is -0.121. The zero-order valence-corrected chi connectivity index (χ0v) is 11.9. The summed E-state index contributed by atoms with van der Waals surface area (Å²) >= 11 is 5.94. The molecule has 2 aromatic rings. The van der Waals surface area contributed by atoms with Crippen molar-refractivity contribution in [3.05, 3.63) is 58.9 Å². The van der Waals surface area contributed by atoms with E-state index in [9.17, 15) is 4.79 Å². The Balaban J connectivity index is 1.95. The Morgan fingerprint density at radius 3 is 2.85 bits per heavy atom. The monoisotopic (exact) mass is 289 g/mol. The van der Waals surface area contributed by atoms with Gasteiger partial charge < -0.3 is 11.1 Å². The molecule has 0 saturated carbocycles. The molecular formula is C15H16ClN3O. The molecule has 1 amide bonds. The predicted molar refractivity (Wildman–Crippen MR) is 80.4 cm³/mol. The van der Waals surface area contributed by atoms with Gasteiger partial charge in [-0.3, -0.25) is 9.78 Å². The lowest BCUT2D eigenvalue weighted by Gasteiger charge is -2.14. The topological polar surface area (TPSA) is 68.0 Å². The van der Waals surface area contributed by atoms with Crippen LogP contribution in [-0.2, 0) is 11.2 Å². The Morgan fingerprint density at radius 1 is 1.40 bits per heavy atom. The van der Waals surface area contributed by atoms with E-state index in [2.05, 4.69) is 10.3 Å². The van der Waals surface area contributed by atoms with Crippen LogP contribution in [0.3, 0.4) is 0 Å². The highest BCUT2D eigenvalue weighted by atomic mass is 35.5. The van der Waals surface area contributed by atoms with Crippen molar-refractivity contribution < 1.29 is 4.79 Å². The molecule has 1 unspecified atom stereocenters. The molecule has 1 atom stereocenters. The molecule has 0 aliphatic rings. The third-order valence-electron chi connectivity index (χ3n) is 2.92. The molecule has 0 aliphatic carbocycles. The van der Waals surface area contributed by atoms with Crippen LogP contribution >= 0.6 is 11.6 Å². The average molecular weight is 290 g/mol. The maximum Gasteiger partial charge on any atom is 0.226 e. The number of halogens is 1. The maximum atomic E-state index is 12.0. The molecule has 0 aliphatic heterocycles. The SMILES string of the molecule is CC(NC(=O)Cc1ccc(N)cn1)c1cccc(Cl)c1. The second-order valence-corrected chi connectivity index (χ2v) is 5.04. The van der Waals surface area contributed by atoms with E-state index >= 15 is 0 Å². The van der Waals surface area contributed by atoms with Crippen LogP contribution in [0.15, 0.2) is 42.6 Å². The van der Waals surface area contributed by atoms with E-state index in [-0.39, 0.29) is 18.4 Å². The van der Waals surface area contributed by atoms with Crippen molar-refractivity contribution in [2.24, 2.45) is 0 Å². The van der Waals surface area contributed by atoms with Gasteiger partial charge >= 0.3 is 0 Å². The number of pyridine rings is 1. The molecule has 0 radical (unpaired) electrons. The molecule has 0 bridgehead atoms. The minimum absolute atomic E-state index is 0.0882. The van der Waals surface area contributed by atoms with Gasteiger partial charge in [-0.1, -0.05) is 23.7 Å². The van der Waals surface area contributed by atoms with Gasteiger partial charge in [-0.2, -0.15) is 0 Å². The first-order valence-electron chi connectivity index (χ1n) is 6.30. The summed E-state index contributed by atoms with van der Waals surface area (Å²) in [4.78, 5) is 16.1. The zero-order valence-electron chi connectivity index (χ0n) is 11.1. The third-order valence-corrected chi connectivity index (χ3v) is 3.15. The number of nitrogens with two attached hydrogens (primary N) is 1. The highest BCUT2D eigenvalue weighted by molar-refractivity contribution is 6.30. The van der Waals surface area contributed by atoms with Crippen LogP contribution in [0.5, 0.6) is 0 Å². The third kappa shape index (κ3) is 3.96. The number of hydrogen-bond donors (Lipinski definition) is 2. The highest BCUT2D eigenvalue weighted by Gasteiger charge is 2.11. The fourth-order valence-corrected chi connectivity index (χ4v) is 2.06. The van der Waals surface area contributed by atoms with Gasteiger partial charge in [-0.05, 0) is 36.8 Å². The van der Waals surface area contributed by atoms with Crippen LogP contribution < -0.4 is 11.1 Å². The fraction of sp³-hybridized carbons (Fsp3) is 0.200. The Hall–Kier alpha value is -2.07. The smallest absolute Gasteiger partial charge is 0.226 e. The molecule has 1 aromatic heterocycles. The standard InChI is InChI=1S/C15H16ClN3O/c1-10(11-3-2-4-12(16)7-11)19-15(20)8-14-6-5-13(17)9-18-14/h2-7,9-10H,8,17H2,1H3,(H,19,20). The lowest BCUT2D eigenvalue weighted by atomic mass is 10.1. The van der Waals surface area contributed by atoms with Gasteiger partial charge in [0.1, 0.15) is 0 Å². The maximum absolute atomic E-state index is 12.0. The molecule has 0 fully saturated rings. The summed E-state index contributed by atoms with van der Waals surface area (Å²) in [5.41, 5.74) is 7.80. The summed E-state index contributed by atoms with van der Waals surface area (Å²) < 4.78 is 0.